The van der Waals surface area contributed by atoms with Crippen molar-refractivity contribution in [3.63, 3.8) is 0 Å². The van der Waals surface area contributed by atoms with E-state index in [9.17, 15) is 8.42 Å². The van der Waals surface area contributed by atoms with Crippen LogP contribution in [0.2, 0.25) is 0 Å². The quantitative estimate of drug-likeness (QED) is 0.836. The van der Waals surface area contributed by atoms with Gasteiger partial charge in [-0.15, -0.1) is 0 Å². The third-order valence-electron chi connectivity index (χ3n) is 2.67. The van der Waals surface area contributed by atoms with E-state index < -0.39 is 9.84 Å². The predicted octanol–water partition coefficient (Wildman–Crippen LogP) is 2.55. The molecule has 18 heavy (non-hydrogen) atoms. The van der Waals surface area contributed by atoms with Crippen molar-refractivity contribution in [2.75, 3.05) is 12.3 Å². The molecule has 0 radical (unpaired) electrons. The van der Waals surface area contributed by atoms with Crippen LogP contribution in [0, 0.1) is 6.92 Å². The molecule has 0 unspecified atom stereocenters. The minimum Gasteiger partial charge on any atom is -0.312 e. The van der Waals surface area contributed by atoms with E-state index in [4.69, 9.17) is 0 Å². The zero-order valence-electron chi connectivity index (χ0n) is 11.7. The summed E-state index contributed by atoms with van der Waals surface area (Å²) in [7, 11) is -3.15. The van der Waals surface area contributed by atoms with E-state index in [-0.39, 0.29) is 11.3 Å². The summed E-state index contributed by atoms with van der Waals surface area (Å²) in [6.07, 6.45) is 0.633. The average molecular weight is 269 g/mol. The van der Waals surface area contributed by atoms with Crippen molar-refractivity contribution in [3.05, 3.63) is 29.8 Å². The van der Waals surface area contributed by atoms with Gasteiger partial charge in [-0.3, -0.25) is 0 Å². The Morgan fingerprint density at radius 1 is 1.17 bits per heavy atom. The Labute approximate surface area is 111 Å². The van der Waals surface area contributed by atoms with Crippen molar-refractivity contribution in [3.8, 4) is 0 Å². The molecule has 0 aliphatic carbocycles. The molecule has 0 spiro atoms. The minimum absolute atomic E-state index is 0.0342. The molecule has 1 aromatic carbocycles. The van der Waals surface area contributed by atoms with Gasteiger partial charge in [-0.25, -0.2) is 8.42 Å². The van der Waals surface area contributed by atoms with Crippen LogP contribution < -0.4 is 5.32 Å². The molecule has 3 nitrogen and oxygen atoms in total. The van der Waals surface area contributed by atoms with Crippen molar-refractivity contribution in [2.24, 2.45) is 0 Å². The molecule has 0 bridgehead atoms. The molecular formula is C14H23NO2S. The SMILES string of the molecule is Cc1ccccc1S(=O)(=O)CCCNC(C)(C)C. The second-order valence-electron chi connectivity index (χ2n) is 5.61. The molecule has 0 aliphatic rings. The third kappa shape index (κ3) is 4.78. The normalized spacial score (nSPS) is 12.7. The van der Waals surface area contributed by atoms with Crippen LogP contribution in [-0.4, -0.2) is 26.3 Å². The van der Waals surface area contributed by atoms with E-state index in [2.05, 4.69) is 26.1 Å². The molecule has 4 heteroatoms. The van der Waals surface area contributed by atoms with Crippen LogP contribution in [0.3, 0.4) is 0 Å². The number of hydrogen-bond acceptors (Lipinski definition) is 3. The number of nitrogens with one attached hydrogen (secondary N) is 1. The summed E-state index contributed by atoms with van der Waals surface area (Å²) >= 11 is 0. The van der Waals surface area contributed by atoms with Crippen LogP contribution >= 0.6 is 0 Å². The van der Waals surface area contributed by atoms with Crippen LogP contribution in [0.1, 0.15) is 32.8 Å². The molecular weight excluding hydrogens is 246 g/mol. The van der Waals surface area contributed by atoms with Crippen molar-refractivity contribution in [1.29, 1.82) is 0 Å². The van der Waals surface area contributed by atoms with E-state index in [1.807, 2.05) is 19.1 Å². The van der Waals surface area contributed by atoms with E-state index in [0.29, 0.717) is 17.9 Å². The summed E-state index contributed by atoms with van der Waals surface area (Å²) in [5.41, 5.74) is 0.855. The van der Waals surface area contributed by atoms with Crippen LogP contribution in [0.15, 0.2) is 29.2 Å². The molecule has 0 saturated heterocycles. The van der Waals surface area contributed by atoms with Gasteiger partial charge in [-0.1, -0.05) is 18.2 Å². The van der Waals surface area contributed by atoms with Gasteiger partial charge in [0.25, 0.3) is 0 Å². The third-order valence-corrected chi connectivity index (χ3v) is 4.63. The van der Waals surface area contributed by atoms with Crippen molar-refractivity contribution in [1.82, 2.24) is 5.32 Å². The second-order valence-corrected chi connectivity index (χ2v) is 7.69. The summed E-state index contributed by atoms with van der Waals surface area (Å²) in [4.78, 5) is 0.459. The Hall–Kier alpha value is -0.870. The fourth-order valence-corrected chi connectivity index (χ4v) is 3.33. The standard InChI is InChI=1S/C14H23NO2S/c1-12-8-5-6-9-13(12)18(16,17)11-7-10-15-14(2,3)4/h5-6,8-9,15H,7,10-11H2,1-4H3. The molecule has 0 aliphatic heterocycles. The number of sulfone groups is 1. The number of rotatable bonds is 5. The molecule has 0 aromatic heterocycles. The molecule has 0 atom stereocenters. The minimum atomic E-state index is -3.15. The Morgan fingerprint density at radius 3 is 2.33 bits per heavy atom. The first-order chi connectivity index (χ1) is 8.22. The first kappa shape index (κ1) is 15.2. The fourth-order valence-electron chi connectivity index (χ4n) is 1.74. The molecule has 0 heterocycles. The van der Waals surface area contributed by atoms with E-state index >= 15 is 0 Å². The lowest BCUT2D eigenvalue weighted by Gasteiger charge is -2.20. The van der Waals surface area contributed by atoms with E-state index in [1.54, 1.807) is 12.1 Å². The Morgan fingerprint density at radius 2 is 1.78 bits per heavy atom. The van der Waals surface area contributed by atoms with Gasteiger partial charge in [0.15, 0.2) is 9.84 Å². The average Bonchev–Trinajstić information content (AvgIpc) is 2.24. The van der Waals surface area contributed by atoms with Crippen molar-refractivity contribution >= 4 is 9.84 Å². The van der Waals surface area contributed by atoms with Gasteiger partial charge >= 0.3 is 0 Å². The van der Waals surface area contributed by atoms with Gasteiger partial charge in [0.05, 0.1) is 10.6 Å². The summed E-state index contributed by atoms with van der Waals surface area (Å²) < 4.78 is 24.3. The van der Waals surface area contributed by atoms with Crippen molar-refractivity contribution in [2.45, 2.75) is 44.6 Å². The smallest absolute Gasteiger partial charge is 0.178 e. The maximum absolute atomic E-state index is 12.1. The van der Waals surface area contributed by atoms with Crippen LogP contribution in [0.25, 0.3) is 0 Å². The van der Waals surface area contributed by atoms with Crippen LogP contribution in [0.4, 0.5) is 0 Å². The molecule has 1 rings (SSSR count). The highest BCUT2D eigenvalue weighted by Crippen LogP contribution is 2.16. The Bertz CT molecular complexity index is 487. The summed E-state index contributed by atoms with van der Waals surface area (Å²) in [6.45, 7) is 8.77. The summed E-state index contributed by atoms with van der Waals surface area (Å²) in [6, 6.07) is 7.14. The number of aryl methyl sites for hydroxylation is 1. The van der Waals surface area contributed by atoms with Gasteiger partial charge in [-0.2, -0.15) is 0 Å². The lowest BCUT2D eigenvalue weighted by Crippen LogP contribution is -2.37. The number of benzene rings is 1. The van der Waals surface area contributed by atoms with Gasteiger partial charge in [-0.05, 0) is 52.3 Å². The lowest BCUT2D eigenvalue weighted by atomic mass is 10.1. The highest BCUT2D eigenvalue weighted by molar-refractivity contribution is 7.91. The Kier molecular flexibility index (Phi) is 4.93. The predicted molar refractivity (Wildman–Crippen MR) is 75.6 cm³/mol. The van der Waals surface area contributed by atoms with Gasteiger partial charge < -0.3 is 5.32 Å². The monoisotopic (exact) mass is 269 g/mol. The molecule has 0 fully saturated rings. The summed E-state index contributed by atoms with van der Waals surface area (Å²) in [5, 5.41) is 3.30. The highest BCUT2D eigenvalue weighted by Gasteiger charge is 2.16. The zero-order valence-corrected chi connectivity index (χ0v) is 12.5. The highest BCUT2D eigenvalue weighted by atomic mass is 32.2. The van der Waals surface area contributed by atoms with E-state index in [0.717, 1.165) is 5.56 Å². The maximum atomic E-state index is 12.1. The van der Waals surface area contributed by atoms with Crippen LogP contribution in [0.5, 0.6) is 0 Å². The van der Waals surface area contributed by atoms with E-state index in [1.165, 1.54) is 0 Å². The largest absolute Gasteiger partial charge is 0.312 e. The molecule has 1 aromatic rings. The lowest BCUT2D eigenvalue weighted by molar-refractivity contribution is 0.426. The van der Waals surface area contributed by atoms with Gasteiger partial charge in [0.1, 0.15) is 0 Å². The molecule has 0 saturated carbocycles. The van der Waals surface area contributed by atoms with Gasteiger partial charge in [0, 0.05) is 5.54 Å². The summed E-state index contributed by atoms with van der Waals surface area (Å²) in [5.74, 6) is 0.195. The number of hydrogen-bond donors (Lipinski definition) is 1. The second kappa shape index (κ2) is 5.85. The first-order valence-electron chi connectivity index (χ1n) is 6.26. The maximum Gasteiger partial charge on any atom is 0.178 e. The topological polar surface area (TPSA) is 46.2 Å². The molecule has 0 amide bonds. The van der Waals surface area contributed by atoms with Crippen LogP contribution in [-0.2, 0) is 9.84 Å². The first-order valence-corrected chi connectivity index (χ1v) is 7.91. The molecule has 1 N–H and O–H groups in total. The van der Waals surface area contributed by atoms with Gasteiger partial charge in [0.2, 0.25) is 0 Å². The molecule has 102 valence electrons. The fraction of sp³-hybridized carbons (Fsp3) is 0.571. The Balaban J connectivity index is 2.59. The van der Waals surface area contributed by atoms with Crippen molar-refractivity contribution < 1.29 is 8.42 Å². The zero-order chi connectivity index (χ0) is 13.8.